The Morgan fingerprint density at radius 2 is 1.86 bits per heavy atom. The van der Waals surface area contributed by atoms with Crippen LogP contribution in [-0.2, 0) is 9.53 Å². The minimum atomic E-state index is -4.90. The van der Waals surface area contributed by atoms with Crippen molar-refractivity contribution < 1.29 is 37.7 Å². The minimum absolute atomic E-state index is 0.0359. The molecule has 1 amide bonds. The van der Waals surface area contributed by atoms with Gasteiger partial charge in [-0.15, -0.1) is 0 Å². The van der Waals surface area contributed by atoms with Gasteiger partial charge in [-0.3, -0.25) is 4.79 Å². The molecule has 0 radical (unpaired) electrons. The summed E-state index contributed by atoms with van der Waals surface area (Å²) in [7, 11) is 0. The molecular formula is C13H20F3NO5. The van der Waals surface area contributed by atoms with Crippen LogP contribution in [0.3, 0.4) is 0 Å². The predicted molar refractivity (Wildman–Crippen MR) is 69.2 cm³/mol. The molecule has 1 aliphatic rings. The van der Waals surface area contributed by atoms with Gasteiger partial charge in [-0.05, 0) is 27.2 Å². The van der Waals surface area contributed by atoms with Crippen molar-refractivity contribution in [3.8, 4) is 0 Å². The normalized spacial score (nSPS) is 24.2. The Kier molecular flexibility index (Phi) is 5.01. The van der Waals surface area contributed by atoms with Crippen molar-refractivity contribution in [1.82, 2.24) is 4.90 Å². The number of carboxylic acids is 1. The molecule has 0 spiro atoms. The number of alkyl halides is 3. The van der Waals surface area contributed by atoms with Gasteiger partial charge in [-0.1, -0.05) is 0 Å². The lowest BCUT2D eigenvalue weighted by molar-refractivity contribution is -0.213. The molecule has 1 fully saturated rings. The van der Waals surface area contributed by atoms with E-state index in [1.165, 1.54) is 0 Å². The summed E-state index contributed by atoms with van der Waals surface area (Å²) in [5.74, 6) is -1.47. The number of carbonyl (C=O) groups is 2. The van der Waals surface area contributed by atoms with E-state index in [1.54, 1.807) is 20.8 Å². The van der Waals surface area contributed by atoms with Gasteiger partial charge in [0.05, 0.1) is 5.41 Å². The molecule has 22 heavy (non-hydrogen) atoms. The first kappa shape index (κ1) is 18.5. The van der Waals surface area contributed by atoms with Gasteiger partial charge in [0.1, 0.15) is 5.60 Å². The Labute approximate surface area is 125 Å². The van der Waals surface area contributed by atoms with Gasteiger partial charge in [-0.25, -0.2) is 4.79 Å². The lowest BCUT2D eigenvalue weighted by atomic mass is 9.81. The van der Waals surface area contributed by atoms with E-state index in [0.717, 1.165) is 4.90 Å². The second-order valence-corrected chi connectivity index (χ2v) is 6.50. The molecule has 128 valence electrons. The van der Waals surface area contributed by atoms with Crippen LogP contribution in [0.15, 0.2) is 0 Å². The third-order valence-electron chi connectivity index (χ3n) is 3.42. The summed E-state index contributed by atoms with van der Waals surface area (Å²) in [4.78, 5) is 24.3. The van der Waals surface area contributed by atoms with Crippen LogP contribution in [0.2, 0.25) is 0 Å². The van der Waals surface area contributed by atoms with E-state index in [4.69, 9.17) is 9.84 Å². The zero-order valence-electron chi connectivity index (χ0n) is 12.6. The fourth-order valence-corrected chi connectivity index (χ4v) is 2.27. The van der Waals surface area contributed by atoms with Crippen LogP contribution in [0.5, 0.6) is 0 Å². The zero-order chi connectivity index (χ0) is 17.3. The number of nitrogens with zero attached hydrogens (tertiary/aromatic N) is 1. The van der Waals surface area contributed by atoms with Gasteiger partial charge in [-0.2, -0.15) is 13.2 Å². The van der Waals surface area contributed by atoms with Crippen molar-refractivity contribution in [2.24, 2.45) is 5.41 Å². The molecule has 6 nitrogen and oxygen atoms in total. The summed E-state index contributed by atoms with van der Waals surface area (Å²) in [6.07, 6.45) is -9.60. The summed E-state index contributed by atoms with van der Waals surface area (Å²) >= 11 is 0. The van der Waals surface area contributed by atoms with E-state index in [2.05, 4.69) is 0 Å². The highest BCUT2D eigenvalue weighted by Gasteiger charge is 2.52. The van der Waals surface area contributed by atoms with Gasteiger partial charge in [0, 0.05) is 19.5 Å². The highest BCUT2D eigenvalue weighted by molar-refractivity contribution is 5.78. The van der Waals surface area contributed by atoms with E-state index >= 15 is 0 Å². The molecule has 0 aromatic heterocycles. The molecule has 0 bridgehead atoms. The molecule has 0 aromatic rings. The molecule has 0 saturated carbocycles. The average Bonchev–Trinajstić information content (AvgIpc) is 2.71. The van der Waals surface area contributed by atoms with Gasteiger partial charge in [0.25, 0.3) is 0 Å². The first-order valence-corrected chi connectivity index (χ1v) is 6.73. The number of halogens is 3. The maximum absolute atomic E-state index is 12.5. The predicted octanol–water partition coefficient (Wildman–Crippen LogP) is 2.01. The van der Waals surface area contributed by atoms with Crippen LogP contribution < -0.4 is 0 Å². The lowest BCUT2D eigenvalue weighted by Gasteiger charge is -2.29. The van der Waals surface area contributed by atoms with Crippen LogP contribution >= 0.6 is 0 Å². The second-order valence-electron chi connectivity index (χ2n) is 6.50. The number of amides is 1. The lowest BCUT2D eigenvalue weighted by Crippen LogP contribution is -2.43. The second kappa shape index (κ2) is 5.94. The fraction of sp³-hybridized carbons (Fsp3) is 0.846. The molecule has 0 aromatic carbocycles. The van der Waals surface area contributed by atoms with Crippen molar-refractivity contribution in [1.29, 1.82) is 0 Å². The topological polar surface area (TPSA) is 87.1 Å². The van der Waals surface area contributed by atoms with Gasteiger partial charge in [0.2, 0.25) is 0 Å². The van der Waals surface area contributed by atoms with E-state index < -0.39 is 48.3 Å². The average molecular weight is 327 g/mol. The Hall–Kier alpha value is -1.51. The molecule has 2 N–H and O–H groups in total. The van der Waals surface area contributed by atoms with Crippen LogP contribution in [-0.4, -0.2) is 58.1 Å². The number of aliphatic carboxylic acids is 1. The fourth-order valence-electron chi connectivity index (χ4n) is 2.27. The summed E-state index contributed by atoms with van der Waals surface area (Å²) in [6.45, 7) is 4.41. The van der Waals surface area contributed by atoms with Crippen molar-refractivity contribution in [2.45, 2.75) is 51.5 Å². The van der Waals surface area contributed by atoms with E-state index in [1.807, 2.05) is 0 Å². The number of carbonyl (C=O) groups excluding carboxylic acids is 1. The van der Waals surface area contributed by atoms with Crippen LogP contribution in [0.25, 0.3) is 0 Å². The molecule has 0 aliphatic carbocycles. The summed E-state index contributed by atoms with van der Waals surface area (Å²) in [6, 6.07) is 0. The summed E-state index contributed by atoms with van der Waals surface area (Å²) in [5, 5.41) is 18.4. The van der Waals surface area contributed by atoms with Crippen LogP contribution in [0.1, 0.15) is 33.6 Å². The first-order chi connectivity index (χ1) is 9.77. The van der Waals surface area contributed by atoms with E-state index in [0.29, 0.717) is 0 Å². The number of carboxylic acid groups (broad SMARTS) is 1. The largest absolute Gasteiger partial charge is 0.481 e. The smallest absolute Gasteiger partial charge is 0.414 e. The maximum atomic E-state index is 12.5. The zero-order valence-corrected chi connectivity index (χ0v) is 12.6. The van der Waals surface area contributed by atoms with E-state index in [-0.39, 0.29) is 13.0 Å². The Morgan fingerprint density at radius 3 is 2.27 bits per heavy atom. The monoisotopic (exact) mass is 327 g/mol. The molecule has 1 saturated heterocycles. The third kappa shape index (κ3) is 4.49. The van der Waals surface area contributed by atoms with Gasteiger partial charge in [0.15, 0.2) is 6.10 Å². The molecule has 2 unspecified atom stereocenters. The molecule has 1 aliphatic heterocycles. The van der Waals surface area contributed by atoms with Crippen molar-refractivity contribution in [3.63, 3.8) is 0 Å². The van der Waals surface area contributed by atoms with Crippen LogP contribution in [0, 0.1) is 5.41 Å². The highest BCUT2D eigenvalue weighted by Crippen LogP contribution is 2.39. The standard InChI is InChI=1S/C13H20F3NO5/c1-11(2,3)22-10(21)17-5-4-12(7-17,9(19)20)6-8(18)13(14,15)16/h8,18H,4-7H2,1-3H3,(H,19,20). The quantitative estimate of drug-likeness (QED) is 0.828. The highest BCUT2D eigenvalue weighted by atomic mass is 19.4. The Morgan fingerprint density at radius 1 is 1.32 bits per heavy atom. The Balaban J connectivity index is 2.83. The third-order valence-corrected chi connectivity index (χ3v) is 3.42. The summed E-state index contributed by atoms with van der Waals surface area (Å²) in [5.41, 5.74) is -2.62. The summed E-state index contributed by atoms with van der Waals surface area (Å²) < 4.78 is 42.5. The van der Waals surface area contributed by atoms with Crippen molar-refractivity contribution in [3.05, 3.63) is 0 Å². The molecular weight excluding hydrogens is 307 g/mol. The number of likely N-dealkylation sites (tertiary alicyclic amines) is 1. The van der Waals surface area contributed by atoms with Gasteiger partial charge >= 0.3 is 18.2 Å². The van der Waals surface area contributed by atoms with Crippen molar-refractivity contribution >= 4 is 12.1 Å². The first-order valence-electron chi connectivity index (χ1n) is 6.73. The Bertz CT molecular complexity index is 446. The number of ether oxygens (including phenoxy) is 1. The SMILES string of the molecule is CC(C)(C)OC(=O)N1CCC(CC(O)C(F)(F)F)(C(=O)O)C1. The maximum Gasteiger partial charge on any atom is 0.414 e. The molecule has 2 atom stereocenters. The number of aliphatic hydroxyl groups excluding tert-OH is 1. The van der Waals surface area contributed by atoms with Gasteiger partial charge < -0.3 is 19.8 Å². The molecule has 1 heterocycles. The van der Waals surface area contributed by atoms with Crippen LogP contribution in [0.4, 0.5) is 18.0 Å². The number of hydrogen-bond donors (Lipinski definition) is 2. The number of hydrogen-bond acceptors (Lipinski definition) is 4. The van der Waals surface area contributed by atoms with Crippen molar-refractivity contribution in [2.75, 3.05) is 13.1 Å². The number of rotatable bonds is 3. The molecule has 9 heteroatoms. The number of aliphatic hydroxyl groups is 1. The minimum Gasteiger partial charge on any atom is -0.481 e. The van der Waals surface area contributed by atoms with E-state index in [9.17, 15) is 27.9 Å². The molecule has 1 rings (SSSR count).